The predicted octanol–water partition coefficient (Wildman–Crippen LogP) is 4.81. The summed E-state index contributed by atoms with van der Waals surface area (Å²) in [6, 6.07) is 9.86. The van der Waals surface area contributed by atoms with E-state index in [2.05, 4.69) is 45.2 Å². The summed E-state index contributed by atoms with van der Waals surface area (Å²) in [6.07, 6.45) is 10.9. The molecule has 0 saturated carbocycles. The van der Waals surface area contributed by atoms with Crippen molar-refractivity contribution in [2.75, 3.05) is 44.3 Å². The molecule has 1 aromatic carbocycles. The second-order valence-corrected chi connectivity index (χ2v) is 11.0. The maximum absolute atomic E-state index is 12.3. The lowest BCUT2D eigenvalue weighted by atomic mass is 10.0. The van der Waals surface area contributed by atoms with Crippen LogP contribution in [0.15, 0.2) is 54.4 Å². The van der Waals surface area contributed by atoms with Crippen LogP contribution in [-0.2, 0) is 9.59 Å². The smallest absolute Gasteiger partial charge is 0.313 e. The summed E-state index contributed by atoms with van der Waals surface area (Å²) in [6.45, 7) is 5.97. The Morgan fingerprint density at radius 3 is 2.51 bits per heavy atom. The van der Waals surface area contributed by atoms with Crippen molar-refractivity contribution in [1.29, 1.82) is 0 Å². The number of anilines is 2. The first-order chi connectivity index (χ1) is 18.9. The number of nitrogens with one attached hydrogen (secondary N) is 1. The number of thiazole rings is 1. The molecule has 9 nitrogen and oxygen atoms in total. The third-order valence-electron chi connectivity index (χ3n) is 6.92. The Morgan fingerprint density at radius 1 is 1.00 bits per heavy atom. The van der Waals surface area contributed by atoms with Crippen molar-refractivity contribution < 1.29 is 9.59 Å². The van der Waals surface area contributed by atoms with Crippen LogP contribution in [0.4, 0.5) is 11.5 Å². The van der Waals surface area contributed by atoms with Gasteiger partial charge in [0.1, 0.15) is 5.82 Å². The highest BCUT2D eigenvalue weighted by Gasteiger charge is 2.26. The van der Waals surface area contributed by atoms with Gasteiger partial charge in [0.15, 0.2) is 0 Å². The van der Waals surface area contributed by atoms with Gasteiger partial charge in [-0.3, -0.25) is 14.6 Å². The lowest BCUT2D eigenvalue weighted by Crippen LogP contribution is -2.44. The number of piperidine rings is 2. The van der Waals surface area contributed by atoms with Gasteiger partial charge in [-0.2, -0.15) is 0 Å². The molecule has 1 atom stereocenters. The monoisotopic (exact) mass is 547 g/mol. The zero-order valence-electron chi connectivity index (χ0n) is 22.7. The van der Waals surface area contributed by atoms with Crippen LogP contribution in [-0.4, -0.2) is 69.8 Å². The van der Waals surface area contributed by atoms with Gasteiger partial charge in [0, 0.05) is 36.3 Å². The Kier molecular flexibility index (Phi) is 10.2. The standard InChI is InChI=1S/C16H19N5O2.C7H5NS.C6H13N/c1-10-3-2-6-21(9-10)16(23)15(22)20-13-8-18-7-12-11(13)4-5-19-14(12)17;1-2-4-7-6(3-1)8-5-9-7;1-7-5-3-2-4-6-7/h4-5,7-8,10H,2-3,6,9H2,1H3,(H2,17,19)(H,20,22);1-5H;2-6H2,1H3. The van der Waals surface area contributed by atoms with Gasteiger partial charge in [0.05, 0.1) is 27.6 Å². The van der Waals surface area contributed by atoms with Crippen molar-refractivity contribution in [3.05, 3.63) is 54.4 Å². The zero-order chi connectivity index (χ0) is 27.6. The van der Waals surface area contributed by atoms with Crippen molar-refractivity contribution in [1.82, 2.24) is 24.8 Å². The fourth-order valence-electron chi connectivity index (χ4n) is 4.76. The van der Waals surface area contributed by atoms with Crippen molar-refractivity contribution in [2.45, 2.75) is 39.0 Å². The summed E-state index contributed by atoms with van der Waals surface area (Å²) in [7, 11) is 2.19. The molecule has 10 heteroatoms. The summed E-state index contributed by atoms with van der Waals surface area (Å²) >= 11 is 1.68. The summed E-state index contributed by atoms with van der Waals surface area (Å²) < 4.78 is 1.26. The quantitative estimate of drug-likeness (QED) is 0.329. The molecule has 0 spiro atoms. The molecule has 5 heterocycles. The Morgan fingerprint density at radius 2 is 1.79 bits per heavy atom. The van der Waals surface area contributed by atoms with Crippen molar-refractivity contribution in [3.63, 3.8) is 0 Å². The van der Waals surface area contributed by atoms with Crippen LogP contribution in [0.25, 0.3) is 21.0 Å². The number of nitrogens with two attached hydrogens (primary N) is 1. The number of likely N-dealkylation sites (tertiary alicyclic amines) is 2. The van der Waals surface area contributed by atoms with Crippen LogP contribution >= 0.6 is 11.3 Å². The summed E-state index contributed by atoms with van der Waals surface area (Å²) in [5.74, 6) is -0.396. The van der Waals surface area contributed by atoms with E-state index in [-0.39, 0.29) is 0 Å². The third kappa shape index (κ3) is 7.93. The number of fused-ring (bicyclic) bond motifs is 2. The number of carbonyl (C=O) groups excluding carboxylic acids is 2. The lowest BCUT2D eigenvalue weighted by molar-refractivity contribution is -0.144. The van der Waals surface area contributed by atoms with Gasteiger partial charge in [-0.15, -0.1) is 11.3 Å². The molecule has 2 aliphatic rings. The molecule has 2 fully saturated rings. The second kappa shape index (κ2) is 14.0. The number of hydrogen-bond acceptors (Lipinski definition) is 8. The lowest BCUT2D eigenvalue weighted by Gasteiger charge is -2.30. The summed E-state index contributed by atoms with van der Waals surface area (Å²) in [5.41, 5.74) is 9.23. The molecule has 1 unspecified atom stereocenters. The topological polar surface area (TPSA) is 117 Å². The number of amides is 2. The van der Waals surface area contributed by atoms with E-state index in [4.69, 9.17) is 5.73 Å². The number of nitrogen functional groups attached to an aromatic ring is 1. The first-order valence-corrected chi connectivity index (χ1v) is 14.4. The fraction of sp³-hybridized carbons (Fsp3) is 0.414. The molecule has 2 aliphatic heterocycles. The summed E-state index contributed by atoms with van der Waals surface area (Å²) in [5, 5.41) is 4.00. The van der Waals surface area contributed by atoms with Crippen LogP contribution in [0.3, 0.4) is 0 Å². The molecular formula is C29H37N7O2S. The molecule has 0 aliphatic carbocycles. The minimum absolute atomic E-state index is 0.335. The van der Waals surface area contributed by atoms with Gasteiger partial charge in [-0.1, -0.05) is 25.5 Å². The molecule has 4 aromatic rings. The van der Waals surface area contributed by atoms with Crippen LogP contribution in [0.2, 0.25) is 0 Å². The zero-order valence-corrected chi connectivity index (χ0v) is 23.5. The number of carbonyl (C=O) groups is 2. The van der Waals surface area contributed by atoms with Gasteiger partial charge >= 0.3 is 11.8 Å². The molecule has 0 bridgehead atoms. The van der Waals surface area contributed by atoms with Crippen LogP contribution in [0.5, 0.6) is 0 Å². The predicted molar refractivity (Wildman–Crippen MR) is 159 cm³/mol. The Hall–Kier alpha value is -3.63. The normalized spacial score (nSPS) is 17.5. The van der Waals surface area contributed by atoms with E-state index in [1.165, 1.54) is 43.2 Å². The molecule has 2 amide bonds. The second-order valence-electron chi connectivity index (χ2n) is 10.1. The average molecular weight is 548 g/mol. The maximum Gasteiger partial charge on any atom is 0.313 e. The number of rotatable bonds is 1. The Balaban J connectivity index is 0.000000178. The van der Waals surface area contributed by atoms with Crippen molar-refractivity contribution >= 4 is 55.6 Å². The molecule has 2 saturated heterocycles. The van der Waals surface area contributed by atoms with E-state index in [1.807, 2.05) is 23.7 Å². The number of benzene rings is 1. The van der Waals surface area contributed by atoms with Crippen LogP contribution in [0, 0.1) is 5.92 Å². The van der Waals surface area contributed by atoms with E-state index < -0.39 is 11.8 Å². The summed E-state index contributed by atoms with van der Waals surface area (Å²) in [4.78, 5) is 40.8. The van der Waals surface area contributed by atoms with E-state index in [1.54, 1.807) is 34.7 Å². The third-order valence-corrected chi connectivity index (χ3v) is 7.73. The molecule has 0 radical (unpaired) electrons. The SMILES string of the molecule is CC1CCCN(C(=O)C(=O)Nc2cncc3c(N)nccc23)C1.CN1CCCCC1.c1ccc2scnc2c1. The van der Waals surface area contributed by atoms with Crippen molar-refractivity contribution in [3.8, 4) is 0 Å². The Bertz CT molecular complexity index is 1360. The number of aromatic nitrogens is 3. The van der Waals surface area contributed by atoms with E-state index in [0.717, 1.165) is 18.4 Å². The van der Waals surface area contributed by atoms with Gasteiger partial charge in [-0.25, -0.2) is 9.97 Å². The van der Waals surface area contributed by atoms with Gasteiger partial charge in [-0.05, 0) is 69.9 Å². The minimum Gasteiger partial charge on any atom is -0.383 e. The number of pyridine rings is 2. The highest BCUT2D eigenvalue weighted by Crippen LogP contribution is 2.25. The first kappa shape index (κ1) is 28.4. The first-order valence-electron chi connectivity index (χ1n) is 13.5. The Labute approximate surface area is 233 Å². The van der Waals surface area contributed by atoms with Crippen molar-refractivity contribution in [2.24, 2.45) is 5.92 Å². The maximum atomic E-state index is 12.3. The molecule has 206 valence electrons. The van der Waals surface area contributed by atoms with Gasteiger partial charge < -0.3 is 20.9 Å². The molecule has 39 heavy (non-hydrogen) atoms. The molecule has 3 aromatic heterocycles. The van der Waals surface area contributed by atoms with Gasteiger partial charge in [0.25, 0.3) is 0 Å². The fourth-order valence-corrected chi connectivity index (χ4v) is 5.44. The van der Waals surface area contributed by atoms with E-state index in [0.29, 0.717) is 41.3 Å². The van der Waals surface area contributed by atoms with E-state index >= 15 is 0 Å². The minimum atomic E-state index is -0.649. The largest absolute Gasteiger partial charge is 0.383 e. The number of nitrogens with zero attached hydrogens (tertiary/aromatic N) is 5. The number of para-hydroxylation sites is 1. The highest BCUT2D eigenvalue weighted by atomic mass is 32.1. The molecule has 6 rings (SSSR count). The number of hydrogen-bond donors (Lipinski definition) is 2. The van der Waals surface area contributed by atoms with Crippen LogP contribution in [0.1, 0.15) is 39.0 Å². The average Bonchev–Trinajstić information content (AvgIpc) is 3.43. The van der Waals surface area contributed by atoms with E-state index in [9.17, 15) is 9.59 Å². The van der Waals surface area contributed by atoms with Crippen LogP contribution < -0.4 is 11.1 Å². The molecular weight excluding hydrogens is 510 g/mol. The molecule has 3 N–H and O–H groups in total. The highest BCUT2D eigenvalue weighted by molar-refractivity contribution is 7.16. The van der Waals surface area contributed by atoms with Gasteiger partial charge in [0.2, 0.25) is 0 Å².